The Kier molecular flexibility index (Phi) is 5.91. The summed E-state index contributed by atoms with van der Waals surface area (Å²) >= 11 is 1.50. The Hall–Kier alpha value is -2.67. The van der Waals surface area contributed by atoms with E-state index in [4.69, 9.17) is 4.74 Å². The van der Waals surface area contributed by atoms with Crippen LogP contribution in [0.3, 0.4) is 0 Å². The average Bonchev–Trinajstić information content (AvgIpc) is 3.21. The summed E-state index contributed by atoms with van der Waals surface area (Å²) < 4.78 is 7.07. The summed E-state index contributed by atoms with van der Waals surface area (Å²) in [4.78, 5) is 17.8. The van der Waals surface area contributed by atoms with Crippen LogP contribution < -0.4 is 10.1 Å². The number of anilines is 1. The van der Waals surface area contributed by atoms with Crippen molar-refractivity contribution in [3.8, 4) is 5.75 Å². The van der Waals surface area contributed by atoms with E-state index in [0.29, 0.717) is 11.6 Å². The molecule has 142 valence electrons. The molecule has 0 fully saturated rings. The number of carbonyl (C=O) groups excluding carboxylic acids is 1. The van der Waals surface area contributed by atoms with Crippen LogP contribution in [0.5, 0.6) is 5.75 Å². The lowest BCUT2D eigenvalue weighted by Crippen LogP contribution is -2.18. The number of aromatic nitrogens is 3. The van der Waals surface area contributed by atoms with Crippen molar-refractivity contribution in [2.45, 2.75) is 39.7 Å². The summed E-state index contributed by atoms with van der Waals surface area (Å²) in [6.45, 7) is 5.95. The zero-order valence-electron chi connectivity index (χ0n) is 16.0. The molecule has 3 rings (SSSR count). The number of nitrogens with one attached hydrogen (secondary N) is 1. The Morgan fingerprint density at radius 3 is 2.67 bits per heavy atom. The second-order valence-electron chi connectivity index (χ2n) is 6.63. The highest BCUT2D eigenvalue weighted by atomic mass is 32.1. The Labute approximate surface area is 163 Å². The predicted octanol–water partition coefficient (Wildman–Crippen LogP) is 4.15. The van der Waals surface area contributed by atoms with E-state index in [2.05, 4.69) is 15.4 Å². The molecule has 1 N–H and O–H groups in total. The molecule has 2 aromatic heterocycles. The van der Waals surface area contributed by atoms with Gasteiger partial charge in [-0.2, -0.15) is 5.10 Å². The number of nitrogens with zero attached hydrogens (tertiary/aromatic N) is 3. The van der Waals surface area contributed by atoms with E-state index in [1.807, 2.05) is 62.0 Å². The minimum absolute atomic E-state index is 0.00238. The van der Waals surface area contributed by atoms with Crippen LogP contribution in [0.15, 0.2) is 36.5 Å². The Bertz CT molecular complexity index is 914. The predicted molar refractivity (Wildman–Crippen MR) is 108 cm³/mol. The first-order valence-electron chi connectivity index (χ1n) is 8.85. The minimum Gasteiger partial charge on any atom is -0.497 e. The number of carbonyl (C=O) groups is 1. The van der Waals surface area contributed by atoms with Gasteiger partial charge in [-0.15, -0.1) is 11.3 Å². The molecule has 1 amide bonds. The number of benzene rings is 1. The van der Waals surface area contributed by atoms with Crippen LogP contribution in [-0.2, 0) is 11.2 Å². The number of ether oxygens (including phenoxy) is 1. The highest BCUT2D eigenvalue weighted by Gasteiger charge is 2.15. The monoisotopic (exact) mass is 384 g/mol. The minimum atomic E-state index is -0.0552. The number of amides is 1. The summed E-state index contributed by atoms with van der Waals surface area (Å²) in [5, 5.41) is 7.98. The molecule has 2 heterocycles. The second kappa shape index (κ2) is 8.35. The fourth-order valence-corrected chi connectivity index (χ4v) is 3.87. The number of aryl methyl sites for hydroxylation is 2. The Balaban J connectivity index is 1.56. The van der Waals surface area contributed by atoms with E-state index in [1.165, 1.54) is 16.9 Å². The summed E-state index contributed by atoms with van der Waals surface area (Å²) in [6.07, 6.45) is 2.95. The molecule has 27 heavy (non-hydrogen) atoms. The standard InChI is InChI=1S/C20H24N4O2S/c1-13-9-14(2)24(23-13)15(3)10-19(25)22-20-21-12-18(27-20)11-16-5-7-17(26-4)8-6-16/h5-9,12,15H,10-11H2,1-4H3,(H,21,22,25)/t15-/m1/s1. The van der Waals surface area contributed by atoms with E-state index >= 15 is 0 Å². The highest BCUT2D eigenvalue weighted by Crippen LogP contribution is 2.23. The van der Waals surface area contributed by atoms with Crippen LogP contribution in [-0.4, -0.2) is 27.8 Å². The van der Waals surface area contributed by atoms with E-state index in [-0.39, 0.29) is 11.9 Å². The van der Waals surface area contributed by atoms with Gasteiger partial charge < -0.3 is 10.1 Å². The number of methoxy groups -OCH3 is 1. The third-order valence-corrected chi connectivity index (χ3v) is 5.19. The molecule has 0 unspecified atom stereocenters. The molecule has 0 aliphatic carbocycles. The first kappa shape index (κ1) is 19.1. The SMILES string of the molecule is COc1ccc(Cc2cnc(NC(=O)C[C@@H](C)n3nc(C)cc3C)s2)cc1. The molecule has 7 heteroatoms. The van der Waals surface area contributed by atoms with Crippen molar-refractivity contribution in [3.63, 3.8) is 0 Å². The van der Waals surface area contributed by atoms with Gasteiger partial charge in [0.05, 0.1) is 18.8 Å². The first-order chi connectivity index (χ1) is 12.9. The molecule has 6 nitrogen and oxygen atoms in total. The molecular formula is C20H24N4O2S. The molecule has 0 saturated carbocycles. The van der Waals surface area contributed by atoms with Gasteiger partial charge >= 0.3 is 0 Å². The molecule has 1 aromatic carbocycles. The average molecular weight is 385 g/mol. The molecule has 0 saturated heterocycles. The quantitative estimate of drug-likeness (QED) is 0.664. The maximum absolute atomic E-state index is 12.4. The van der Waals surface area contributed by atoms with Gasteiger partial charge in [0.25, 0.3) is 0 Å². The third kappa shape index (κ3) is 4.95. The molecule has 0 spiro atoms. The molecular weight excluding hydrogens is 360 g/mol. The molecule has 0 aliphatic rings. The van der Waals surface area contributed by atoms with Gasteiger partial charge in [-0.05, 0) is 44.5 Å². The van der Waals surface area contributed by atoms with E-state index < -0.39 is 0 Å². The van der Waals surface area contributed by atoms with E-state index in [9.17, 15) is 4.79 Å². The third-order valence-electron chi connectivity index (χ3n) is 4.28. The summed E-state index contributed by atoms with van der Waals surface area (Å²) in [7, 11) is 1.66. The normalized spacial score (nSPS) is 12.0. The molecule has 0 radical (unpaired) electrons. The lowest BCUT2D eigenvalue weighted by molar-refractivity contribution is -0.116. The first-order valence-corrected chi connectivity index (χ1v) is 9.66. The number of rotatable bonds is 7. The largest absolute Gasteiger partial charge is 0.497 e. The van der Waals surface area contributed by atoms with Crippen molar-refractivity contribution in [3.05, 3.63) is 58.4 Å². The van der Waals surface area contributed by atoms with Crippen LogP contribution in [0.4, 0.5) is 5.13 Å². The van der Waals surface area contributed by atoms with Crippen molar-refractivity contribution in [2.75, 3.05) is 12.4 Å². The van der Waals surface area contributed by atoms with Crippen LogP contribution in [0.1, 0.15) is 41.2 Å². The molecule has 3 aromatic rings. The van der Waals surface area contributed by atoms with Crippen molar-refractivity contribution in [2.24, 2.45) is 0 Å². The lowest BCUT2D eigenvalue weighted by atomic mass is 10.1. The summed E-state index contributed by atoms with van der Waals surface area (Å²) in [6, 6.07) is 9.97. The lowest BCUT2D eigenvalue weighted by Gasteiger charge is -2.13. The molecule has 1 atom stereocenters. The molecule has 0 bridgehead atoms. The van der Waals surface area contributed by atoms with Crippen LogP contribution in [0.25, 0.3) is 0 Å². The van der Waals surface area contributed by atoms with Gasteiger partial charge in [-0.1, -0.05) is 12.1 Å². The maximum Gasteiger partial charge on any atom is 0.228 e. The van der Waals surface area contributed by atoms with Crippen LogP contribution in [0.2, 0.25) is 0 Å². The van der Waals surface area contributed by atoms with E-state index in [1.54, 1.807) is 7.11 Å². The topological polar surface area (TPSA) is 69.0 Å². The zero-order valence-corrected chi connectivity index (χ0v) is 16.8. The maximum atomic E-state index is 12.4. The van der Waals surface area contributed by atoms with Gasteiger partial charge in [-0.25, -0.2) is 4.98 Å². The van der Waals surface area contributed by atoms with Crippen molar-refractivity contribution >= 4 is 22.4 Å². The number of hydrogen-bond acceptors (Lipinski definition) is 5. The summed E-state index contributed by atoms with van der Waals surface area (Å²) in [5.41, 5.74) is 3.20. The number of thiazole rings is 1. The second-order valence-corrected chi connectivity index (χ2v) is 7.74. The Morgan fingerprint density at radius 2 is 2.04 bits per heavy atom. The fraction of sp³-hybridized carbons (Fsp3) is 0.350. The summed E-state index contributed by atoms with van der Waals surface area (Å²) in [5.74, 6) is 0.785. The zero-order chi connectivity index (χ0) is 19.4. The van der Waals surface area contributed by atoms with Crippen LogP contribution >= 0.6 is 11.3 Å². The van der Waals surface area contributed by atoms with Gasteiger partial charge in [0.15, 0.2) is 5.13 Å². The van der Waals surface area contributed by atoms with Gasteiger partial charge in [0.1, 0.15) is 5.75 Å². The molecule has 0 aliphatic heterocycles. The van der Waals surface area contributed by atoms with E-state index in [0.717, 1.165) is 28.4 Å². The smallest absolute Gasteiger partial charge is 0.228 e. The fourth-order valence-electron chi connectivity index (χ4n) is 3.01. The van der Waals surface area contributed by atoms with Crippen molar-refractivity contribution in [1.82, 2.24) is 14.8 Å². The Morgan fingerprint density at radius 1 is 1.30 bits per heavy atom. The number of hydrogen-bond donors (Lipinski definition) is 1. The van der Waals surface area contributed by atoms with Gasteiger partial charge in [0.2, 0.25) is 5.91 Å². The highest BCUT2D eigenvalue weighted by molar-refractivity contribution is 7.15. The van der Waals surface area contributed by atoms with Crippen molar-refractivity contribution < 1.29 is 9.53 Å². The van der Waals surface area contributed by atoms with Crippen LogP contribution in [0, 0.1) is 13.8 Å². The van der Waals surface area contributed by atoms with Gasteiger partial charge in [0, 0.05) is 29.6 Å². The van der Waals surface area contributed by atoms with Crippen molar-refractivity contribution in [1.29, 1.82) is 0 Å². The van der Waals surface area contributed by atoms with Gasteiger partial charge in [-0.3, -0.25) is 9.48 Å².